The predicted molar refractivity (Wildman–Crippen MR) is 40.7 cm³/mol. The lowest BCUT2D eigenvalue weighted by Gasteiger charge is -2.26. The van der Waals surface area contributed by atoms with Crippen LogP contribution in [0.15, 0.2) is 11.6 Å². The quantitative estimate of drug-likeness (QED) is 0.548. The standard InChI is InChI=1S/C9H14O/c10-9-5-4-8(6-9)7-2-1-3-7/h6-7,9-10H,1-5H2. The molecule has 2 rings (SSSR count). The zero-order chi connectivity index (χ0) is 6.97. The van der Waals surface area contributed by atoms with E-state index in [4.69, 9.17) is 0 Å². The second kappa shape index (κ2) is 2.39. The number of hydrogen-bond acceptors (Lipinski definition) is 1. The van der Waals surface area contributed by atoms with E-state index < -0.39 is 0 Å². The molecule has 1 atom stereocenters. The van der Waals surface area contributed by atoms with Gasteiger partial charge in [0.25, 0.3) is 0 Å². The van der Waals surface area contributed by atoms with Crippen molar-refractivity contribution in [3.05, 3.63) is 11.6 Å². The maximum Gasteiger partial charge on any atom is 0.0726 e. The monoisotopic (exact) mass is 138 g/mol. The minimum Gasteiger partial charge on any atom is -0.389 e. The average Bonchev–Trinajstić information content (AvgIpc) is 2.10. The van der Waals surface area contributed by atoms with Gasteiger partial charge < -0.3 is 5.11 Å². The Balaban J connectivity index is 1.97. The van der Waals surface area contributed by atoms with Gasteiger partial charge >= 0.3 is 0 Å². The normalized spacial score (nSPS) is 33.7. The van der Waals surface area contributed by atoms with Crippen molar-refractivity contribution in [2.24, 2.45) is 5.92 Å². The number of hydrogen-bond donors (Lipinski definition) is 1. The maximum absolute atomic E-state index is 9.19. The molecule has 56 valence electrons. The van der Waals surface area contributed by atoms with E-state index in [2.05, 4.69) is 6.08 Å². The van der Waals surface area contributed by atoms with Crippen LogP contribution in [-0.4, -0.2) is 11.2 Å². The van der Waals surface area contributed by atoms with Gasteiger partial charge in [-0.1, -0.05) is 18.1 Å². The Bertz CT molecular complexity index is 156. The molecule has 2 aliphatic rings. The molecule has 0 radical (unpaired) electrons. The SMILES string of the molecule is OC1C=C(C2CCC2)CC1. The van der Waals surface area contributed by atoms with Gasteiger partial charge in [-0.3, -0.25) is 0 Å². The summed E-state index contributed by atoms with van der Waals surface area (Å²) in [5, 5.41) is 9.19. The predicted octanol–water partition coefficient (Wildman–Crippen LogP) is 1.87. The van der Waals surface area contributed by atoms with Crippen molar-refractivity contribution in [1.29, 1.82) is 0 Å². The smallest absolute Gasteiger partial charge is 0.0726 e. The Morgan fingerprint density at radius 1 is 1.30 bits per heavy atom. The van der Waals surface area contributed by atoms with E-state index in [0.29, 0.717) is 0 Å². The van der Waals surface area contributed by atoms with E-state index in [1.165, 1.54) is 19.3 Å². The summed E-state index contributed by atoms with van der Waals surface area (Å²) in [6.45, 7) is 0. The van der Waals surface area contributed by atoms with E-state index in [9.17, 15) is 5.11 Å². The highest BCUT2D eigenvalue weighted by molar-refractivity contribution is 5.16. The van der Waals surface area contributed by atoms with Gasteiger partial charge in [-0.15, -0.1) is 0 Å². The average molecular weight is 138 g/mol. The van der Waals surface area contributed by atoms with Crippen LogP contribution >= 0.6 is 0 Å². The molecule has 0 spiro atoms. The molecule has 1 heteroatoms. The number of aliphatic hydroxyl groups excluding tert-OH is 1. The largest absolute Gasteiger partial charge is 0.389 e. The molecule has 0 aromatic heterocycles. The van der Waals surface area contributed by atoms with Crippen molar-refractivity contribution in [2.45, 2.75) is 38.2 Å². The van der Waals surface area contributed by atoms with Crippen LogP contribution in [0.4, 0.5) is 0 Å². The molecular weight excluding hydrogens is 124 g/mol. The van der Waals surface area contributed by atoms with Crippen LogP contribution in [0.2, 0.25) is 0 Å². The summed E-state index contributed by atoms with van der Waals surface area (Å²) in [6.07, 6.45) is 8.24. The summed E-state index contributed by atoms with van der Waals surface area (Å²) in [5.41, 5.74) is 1.54. The highest BCUT2D eigenvalue weighted by Crippen LogP contribution is 2.38. The number of allylic oxidation sites excluding steroid dienone is 1. The Morgan fingerprint density at radius 2 is 2.10 bits per heavy atom. The van der Waals surface area contributed by atoms with Crippen molar-refractivity contribution in [3.63, 3.8) is 0 Å². The fraction of sp³-hybridized carbons (Fsp3) is 0.778. The lowest BCUT2D eigenvalue weighted by molar-refractivity contribution is 0.223. The first-order valence-electron chi connectivity index (χ1n) is 4.25. The summed E-state index contributed by atoms with van der Waals surface area (Å²) in [4.78, 5) is 0. The van der Waals surface area contributed by atoms with Crippen LogP contribution in [0.25, 0.3) is 0 Å². The molecule has 2 aliphatic carbocycles. The topological polar surface area (TPSA) is 20.2 Å². The van der Waals surface area contributed by atoms with Gasteiger partial charge in [0.1, 0.15) is 0 Å². The molecule has 0 aromatic rings. The van der Waals surface area contributed by atoms with Crippen molar-refractivity contribution >= 4 is 0 Å². The van der Waals surface area contributed by atoms with Gasteiger partial charge in [-0.25, -0.2) is 0 Å². The molecule has 1 fully saturated rings. The third kappa shape index (κ3) is 0.988. The van der Waals surface area contributed by atoms with Crippen LogP contribution in [0, 0.1) is 5.92 Å². The van der Waals surface area contributed by atoms with Gasteiger partial charge in [0.05, 0.1) is 6.10 Å². The molecule has 1 N–H and O–H groups in total. The molecule has 0 saturated heterocycles. The first-order valence-corrected chi connectivity index (χ1v) is 4.25. The summed E-state index contributed by atoms with van der Waals surface area (Å²) in [5.74, 6) is 0.858. The molecular formula is C9H14O. The van der Waals surface area contributed by atoms with Crippen LogP contribution in [0.5, 0.6) is 0 Å². The molecule has 0 amide bonds. The molecule has 1 unspecified atom stereocenters. The van der Waals surface area contributed by atoms with Gasteiger partial charge in [0.2, 0.25) is 0 Å². The molecule has 0 heterocycles. The lowest BCUT2D eigenvalue weighted by atomic mass is 9.79. The molecule has 0 aromatic carbocycles. The van der Waals surface area contributed by atoms with Crippen molar-refractivity contribution in [2.75, 3.05) is 0 Å². The highest BCUT2D eigenvalue weighted by Gasteiger charge is 2.25. The maximum atomic E-state index is 9.19. The highest BCUT2D eigenvalue weighted by atomic mass is 16.3. The van der Waals surface area contributed by atoms with E-state index in [-0.39, 0.29) is 6.10 Å². The van der Waals surface area contributed by atoms with E-state index in [1.54, 1.807) is 5.57 Å². The van der Waals surface area contributed by atoms with Gasteiger partial charge in [-0.05, 0) is 31.6 Å². The van der Waals surface area contributed by atoms with E-state index >= 15 is 0 Å². The van der Waals surface area contributed by atoms with Gasteiger partial charge in [0, 0.05) is 0 Å². The summed E-state index contributed by atoms with van der Waals surface area (Å²) in [7, 11) is 0. The van der Waals surface area contributed by atoms with E-state index in [0.717, 1.165) is 18.8 Å². The number of rotatable bonds is 1. The van der Waals surface area contributed by atoms with Crippen LogP contribution in [0.3, 0.4) is 0 Å². The zero-order valence-electron chi connectivity index (χ0n) is 6.21. The Labute approximate surface area is 61.8 Å². The fourth-order valence-corrected chi connectivity index (χ4v) is 1.85. The Kier molecular flexibility index (Phi) is 1.53. The molecule has 10 heavy (non-hydrogen) atoms. The van der Waals surface area contributed by atoms with E-state index in [1.807, 2.05) is 0 Å². The van der Waals surface area contributed by atoms with Crippen molar-refractivity contribution < 1.29 is 5.11 Å². The first kappa shape index (κ1) is 6.41. The lowest BCUT2D eigenvalue weighted by Crippen LogP contribution is -2.12. The minimum atomic E-state index is -0.115. The third-order valence-corrected chi connectivity index (χ3v) is 2.76. The van der Waals surface area contributed by atoms with Gasteiger partial charge in [0.15, 0.2) is 0 Å². The van der Waals surface area contributed by atoms with Crippen LogP contribution < -0.4 is 0 Å². The first-order chi connectivity index (χ1) is 4.86. The molecule has 0 aliphatic heterocycles. The second-order valence-electron chi connectivity index (χ2n) is 3.48. The van der Waals surface area contributed by atoms with Crippen molar-refractivity contribution in [3.8, 4) is 0 Å². The third-order valence-electron chi connectivity index (χ3n) is 2.76. The summed E-state index contributed by atoms with van der Waals surface area (Å²) < 4.78 is 0. The fourth-order valence-electron chi connectivity index (χ4n) is 1.85. The minimum absolute atomic E-state index is 0.115. The van der Waals surface area contributed by atoms with Crippen LogP contribution in [-0.2, 0) is 0 Å². The Hall–Kier alpha value is -0.300. The Morgan fingerprint density at radius 3 is 2.50 bits per heavy atom. The summed E-state index contributed by atoms with van der Waals surface area (Å²) in [6, 6.07) is 0. The van der Waals surface area contributed by atoms with Gasteiger partial charge in [-0.2, -0.15) is 0 Å². The zero-order valence-corrected chi connectivity index (χ0v) is 6.21. The molecule has 0 bridgehead atoms. The second-order valence-corrected chi connectivity index (χ2v) is 3.48. The van der Waals surface area contributed by atoms with Crippen molar-refractivity contribution in [1.82, 2.24) is 0 Å². The van der Waals surface area contributed by atoms with Crippen LogP contribution in [0.1, 0.15) is 32.1 Å². The number of aliphatic hydroxyl groups is 1. The summed E-state index contributed by atoms with van der Waals surface area (Å²) >= 11 is 0. The molecule has 1 nitrogen and oxygen atoms in total. The molecule has 1 saturated carbocycles.